The Labute approximate surface area is 130 Å². The number of hydrogen-bond donors (Lipinski definition) is 2. The Balaban J connectivity index is 1.94. The molecule has 1 aliphatic rings. The first kappa shape index (κ1) is 16.5. The van der Waals surface area contributed by atoms with Gasteiger partial charge in [0.25, 0.3) is 0 Å². The number of aromatic nitrogens is 1. The highest BCUT2D eigenvalue weighted by atomic mass is 32.2. The minimum atomic E-state index is -3.56. The molecule has 0 amide bonds. The number of rotatable bonds is 7. The number of nitrogens with zero attached hydrogens (tertiary/aromatic N) is 3. The maximum atomic E-state index is 12.2. The van der Waals surface area contributed by atoms with Gasteiger partial charge in [0.2, 0.25) is 10.0 Å². The fraction of sp³-hybridized carbons (Fsp3) is 0.750. The standard InChI is InChI=1S/C12H23N5O2S2/c1-16(2)21(18,19)10-11(13)15-20-12(10)14-6-5-9-17-7-3-4-8-17/h14H,3-9H2,1-2H3,(H2,13,15). The van der Waals surface area contributed by atoms with Gasteiger partial charge in [0.15, 0.2) is 10.7 Å². The quantitative estimate of drug-likeness (QED) is 0.720. The SMILES string of the molecule is CN(C)S(=O)(=O)c1c(N)nsc1NCCCN1CCCC1. The molecule has 1 fully saturated rings. The summed E-state index contributed by atoms with van der Waals surface area (Å²) in [6.45, 7) is 4.10. The molecule has 21 heavy (non-hydrogen) atoms. The van der Waals surface area contributed by atoms with Crippen LogP contribution in [0.1, 0.15) is 19.3 Å². The molecule has 0 saturated carbocycles. The van der Waals surface area contributed by atoms with Crippen molar-refractivity contribution in [2.75, 3.05) is 51.3 Å². The van der Waals surface area contributed by atoms with Crippen molar-refractivity contribution in [2.24, 2.45) is 0 Å². The molecule has 2 rings (SSSR count). The van der Waals surface area contributed by atoms with Crippen molar-refractivity contribution in [1.82, 2.24) is 13.6 Å². The van der Waals surface area contributed by atoms with Gasteiger partial charge in [-0.25, -0.2) is 12.7 Å². The Kier molecular flexibility index (Phi) is 5.42. The maximum absolute atomic E-state index is 12.2. The van der Waals surface area contributed by atoms with Crippen molar-refractivity contribution in [2.45, 2.75) is 24.2 Å². The highest BCUT2D eigenvalue weighted by molar-refractivity contribution is 7.89. The highest BCUT2D eigenvalue weighted by Gasteiger charge is 2.27. The van der Waals surface area contributed by atoms with Crippen LogP contribution in [0.5, 0.6) is 0 Å². The van der Waals surface area contributed by atoms with Crippen molar-refractivity contribution in [1.29, 1.82) is 0 Å². The second-order valence-corrected chi connectivity index (χ2v) is 8.20. The number of hydrogen-bond acceptors (Lipinski definition) is 7. The summed E-state index contributed by atoms with van der Waals surface area (Å²) in [4.78, 5) is 2.53. The monoisotopic (exact) mass is 333 g/mol. The van der Waals surface area contributed by atoms with E-state index in [1.807, 2.05) is 0 Å². The summed E-state index contributed by atoms with van der Waals surface area (Å²) in [5, 5.41) is 3.69. The number of anilines is 2. The summed E-state index contributed by atoms with van der Waals surface area (Å²) < 4.78 is 29.6. The fourth-order valence-corrected chi connectivity index (χ4v) is 4.45. The Hall–Kier alpha value is -0.900. The lowest BCUT2D eigenvalue weighted by Gasteiger charge is -2.15. The molecule has 0 unspecified atom stereocenters. The third-order valence-electron chi connectivity index (χ3n) is 3.55. The predicted molar refractivity (Wildman–Crippen MR) is 86.2 cm³/mol. The van der Waals surface area contributed by atoms with Crippen LogP contribution in [0.3, 0.4) is 0 Å². The van der Waals surface area contributed by atoms with Gasteiger partial charge in [-0.3, -0.25) is 0 Å². The van der Waals surface area contributed by atoms with E-state index >= 15 is 0 Å². The zero-order valence-corrected chi connectivity index (χ0v) is 14.1. The summed E-state index contributed by atoms with van der Waals surface area (Å²) in [5.74, 6) is 0.0655. The molecule has 0 aromatic carbocycles. The van der Waals surface area contributed by atoms with Crippen LogP contribution in [-0.4, -0.2) is 62.3 Å². The van der Waals surface area contributed by atoms with Crippen LogP contribution in [0, 0.1) is 0 Å². The van der Waals surface area contributed by atoms with Crippen molar-refractivity contribution < 1.29 is 8.42 Å². The molecule has 120 valence electrons. The van der Waals surface area contributed by atoms with Gasteiger partial charge in [0.05, 0.1) is 0 Å². The molecule has 1 aromatic heterocycles. The van der Waals surface area contributed by atoms with E-state index < -0.39 is 10.0 Å². The predicted octanol–water partition coefficient (Wildman–Crippen LogP) is 0.873. The third-order valence-corrected chi connectivity index (χ3v) is 6.39. The molecule has 0 atom stereocenters. The molecular formula is C12H23N5O2S2. The van der Waals surface area contributed by atoms with Gasteiger partial charge >= 0.3 is 0 Å². The van der Waals surface area contributed by atoms with E-state index in [1.165, 1.54) is 40.0 Å². The minimum absolute atomic E-state index is 0.0655. The number of nitrogen functional groups attached to an aromatic ring is 1. The molecule has 1 saturated heterocycles. The van der Waals surface area contributed by atoms with E-state index in [9.17, 15) is 8.42 Å². The average molecular weight is 333 g/mol. The lowest BCUT2D eigenvalue weighted by molar-refractivity contribution is 0.337. The summed E-state index contributed by atoms with van der Waals surface area (Å²) in [7, 11) is -0.585. The van der Waals surface area contributed by atoms with E-state index in [4.69, 9.17) is 5.73 Å². The van der Waals surface area contributed by atoms with Gasteiger partial charge in [-0.2, -0.15) is 4.37 Å². The van der Waals surface area contributed by atoms with Crippen LogP contribution in [0.4, 0.5) is 10.8 Å². The lowest BCUT2D eigenvalue weighted by atomic mass is 10.4. The molecule has 0 radical (unpaired) electrons. The molecule has 2 heterocycles. The van der Waals surface area contributed by atoms with Crippen LogP contribution in [0.15, 0.2) is 4.90 Å². The molecule has 3 N–H and O–H groups in total. The largest absolute Gasteiger partial charge is 0.382 e. The minimum Gasteiger partial charge on any atom is -0.382 e. The van der Waals surface area contributed by atoms with Crippen molar-refractivity contribution in [3.8, 4) is 0 Å². The summed E-state index contributed by atoms with van der Waals surface area (Å²) in [6, 6.07) is 0. The van der Waals surface area contributed by atoms with Crippen LogP contribution in [-0.2, 0) is 10.0 Å². The zero-order valence-electron chi connectivity index (χ0n) is 12.5. The van der Waals surface area contributed by atoms with E-state index in [2.05, 4.69) is 14.6 Å². The molecule has 9 heteroatoms. The first-order chi connectivity index (χ1) is 9.93. The van der Waals surface area contributed by atoms with Crippen LogP contribution in [0.2, 0.25) is 0 Å². The van der Waals surface area contributed by atoms with Crippen molar-refractivity contribution in [3.63, 3.8) is 0 Å². The van der Waals surface area contributed by atoms with Crippen LogP contribution < -0.4 is 11.1 Å². The van der Waals surface area contributed by atoms with E-state index in [-0.39, 0.29) is 10.7 Å². The third kappa shape index (κ3) is 3.85. The molecule has 0 spiro atoms. The fourth-order valence-electron chi connectivity index (χ4n) is 2.35. The Morgan fingerprint density at radius 3 is 2.67 bits per heavy atom. The van der Waals surface area contributed by atoms with Crippen LogP contribution >= 0.6 is 11.5 Å². The highest BCUT2D eigenvalue weighted by Crippen LogP contribution is 2.32. The number of nitrogens with one attached hydrogen (secondary N) is 1. The zero-order chi connectivity index (χ0) is 15.5. The molecular weight excluding hydrogens is 310 g/mol. The second-order valence-electron chi connectivity index (χ2n) is 5.34. The molecule has 0 bridgehead atoms. The van der Waals surface area contributed by atoms with E-state index in [1.54, 1.807) is 0 Å². The van der Waals surface area contributed by atoms with Gasteiger partial charge in [-0.15, -0.1) is 0 Å². The van der Waals surface area contributed by atoms with Gasteiger partial charge in [0, 0.05) is 20.6 Å². The number of sulfonamides is 1. The summed E-state index contributed by atoms with van der Waals surface area (Å²) in [6.07, 6.45) is 3.54. The lowest BCUT2D eigenvalue weighted by Crippen LogP contribution is -2.24. The maximum Gasteiger partial charge on any atom is 0.249 e. The Morgan fingerprint density at radius 1 is 1.38 bits per heavy atom. The van der Waals surface area contributed by atoms with Gasteiger partial charge in [-0.1, -0.05) is 0 Å². The van der Waals surface area contributed by atoms with Crippen LogP contribution in [0.25, 0.3) is 0 Å². The normalized spacial score (nSPS) is 16.7. The van der Waals surface area contributed by atoms with Gasteiger partial charge < -0.3 is 16.0 Å². The second kappa shape index (κ2) is 6.91. The topological polar surface area (TPSA) is 91.6 Å². The first-order valence-electron chi connectivity index (χ1n) is 7.07. The first-order valence-corrected chi connectivity index (χ1v) is 9.28. The molecule has 0 aliphatic carbocycles. The van der Waals surface area contributed by atoms with Crippen molar-refractivity contribution in [3.05, 3.63) is 0 Å². The molecule has 7 nitrogen and oxygen atoms in total. The Bertz CT molecular complexity index is 564. The van der Waals surface area contributed by atoms with E-state index in [0.717, 1.165) is 28.8 Å². The molecule has 1 aliphatic heterocycles. The Morgan fingerprint density at radius 2 is 2.05 bits per heavy atom. The van der Waals surface area contributed by atoms with Gasteiger partial charge in [-0.05, 0) is 50.4 Å². The summed E-state index contributed by atoms with van der Waals surface area (Å²) in [5.41, 5.74) is 5.71. The molecule has 1 aromatic rings. The number of likely N-dealkylation sites (tertiary alicyclic amines) is 1. The smallest absolute Gasteiger partial charge is 0.249 e. The average Bonchev–Trinajstić information content (AvgIpc) is 3.04. The van der Waals surface area contributed by atoms with Crippen molar-refractivity contribution >= 4 is 32.4 Å². The number of nitrogens with two attached hydrogens (primary N) is 1. The van der Waals surface area contributed by atoms with Gasteiger partial charge in [0.1, 0.15) is 5.00 Å². The van der Waals surface area contributed by atoms with E-state index in [0.29, 0.717) is 11.5 Å². The summed E-state index contributed by atoms with van der Waals surface area (Å²) >= 11 is 1.10.